The fourth-order valence-corrected chi connectivity index (χ4v) is 3.37. The quantitative estimate of drug-likeness (QED) is 0.846. The second-order valence-corrected chi connectivity index (χ2v) is 6.64. The van der Waals surface area contributed by atoms with Crippen molar-refractivity contribution in [2.45, 2.75) is 97.1 Å². The van der Waals surface area contributed by atoms with Crippen LogP contribution < -0.4 is 5.32 Å². The lowest BCUT2D eigenvalue weighted by molar-refractivity contribution is 0.387. The first-order valence-corrected chi connectivity index (χ1v) is 8.92. The van der Waals surface area contributed by atoms with Crippen molar-refractivity contribution in [1.29, 1.82) is 0 Å². The molecule has 0 saturated heterocycles. The van der Waals surface area contributed by atoms with Crippen molar-refractivity contribution in [3.05, 3.63) is 17.0 Å². The van der Waals surface area contributed by atoms with Crippen molar-refractivity contribution in [3.63, 3.8) is 0 Å². The van der Waals surface area contributed by atoms with E-state index in [0.717, 1.165) is 18.0 Å². The van der Waals surface area contributed by atoms with Crippen LogP contribution in [0.2, 0.25) is 0 Å². The van der Waals surface area contributed by atoms with Crippen LogP contribution >= 0.6 is 0 Å². The topological polar surface area (TPSA) is 38.1 Å². The molecule has 120 valence electrons. The molecule has 0 bridgehead atoms. The molecule has 0 aromatic carbocycles. The van der Waals surface area contributed by atoms with Crippen LogP contribution in [0, 0.1) is 13.8 Å². The summed E-state index contributed by atoms with van der Waals surface area (Å²) in [6.07, 6.45) is 15.4. The third-order valence-corrected chi connectivity index (χ3v) is 4.85. The Labute approximate surface area is 129 Å². The van der Waals surface area contributed by atoms with Gasteiger partial charge in [0.15, 0.2) is 0 Å². The Morgan fingerprint density at radius 1 is 0.905 bits per heavy atom. The van der Waals surface area contributed by atoms with Gasteiger partial charge in [0, 0.05) is 18.2 Å². The third-order valence-electron chi connectivity index (χ3n) is 4.85. The van der Waals surface area contributed by atoms with Crippen molar-refractivity contribution < 1.29 is 4.52 Å². The Hall–Kier alpha value is -0.830. The zero-order valence-electron chi connectivity index (χ0n) is 13.9. The SMILES string of the molecule is Cc1noc(C)c1CNC1CCCCCCCCCCC1. The number of aryl methyl sites for hydroxylation is 2. The molecule has 0 amide bonds. The molecule has 0 unspecified atom stereocenters. The van der Waals surface area contributed by atoms with Crippen LogP contribution in [-0.2, 0) is 6.54 Å². The molecule has 0 aliphatic heterocycles. The van der Waals surface area contributed by atoms with E-state index in [1.165, 1.54) is 76.2 Å². The minimum absolute atomic E-state index is 0.665. The van der Waals surface area contributed by atoms with Crippen LogP contribution in [-0.4, -0.2) is 11.2 Å². The monoisotopic (exact) mass is 292 g/mol. The number of hydrogen-bond acceptors (Lipinski definition) is 3. The van der Waals surface area contributed by atoms with E-state index in [2.05, 4.69) is 10.5 Å². The molecule has 1 N–H and O–H groups in total. The lowest BCUT2D eigenvalue weighted by atomic mass is 9.97. The molecule has 1 saturated carbocycles. The maximum atomic E-state index is 5.26. The van der Waals surface area contributed by atoms with Gasteiger partial charge in [-0.25, -0.2) is 0 Å². The smallest absolute Gasteiger partial charge is 0.138 e. The van der Waals surface area contributed by atoms with Crippen LogP contribution in [0.3, 0.4) is 0 Å². The van der Waals surface area contributed by atoms with Gasteiger partial charge in [0.2, 0.25) is 0 Å². The van der Waals surface area contributed by atoms with Crippen molar-refractivity contribution in [2.75, 3.05) is 0 Å². The van der Waals surface area contributed by atoms with E-state index in [-0.39, 0.29) is 0 Å². The molecule has 1 aromatic heterocycles. The van der Waals surface area contributed by atoms with Gasteiger partial charge in [0.1, 0.15) is 5.76 Å². The first kappa shape index (κ1) is 16.5. The van der Waals surface area contributed by atoms with E-state index < -0.39 is 0 Å². The predicted molar refractivity (Wildman–Crippen MR) is 87.4 cm³/mol. The molecule has 3 nitrogen and oxygen atoms in total. The summed E-state index contributed by atoms with van der Waals surface area (Å²) in [5.74, 6) is 0.966. The second kappa shape index (κ2) is 9.24. The number of rotatable bonds is 3. The maximum Gasteiger partial charge on any atom is 0.138 e. The van der Waals surface area contributed by atoms with E-state index in [1.807, 2.05) is 13.8 Å². The predicted octanol–water partition coefficient (Wildman–Crippen LogP) is 5.05. The summed E-state index contributed by atoms with van der Waals surface area (Å²) < 4.78 is 5.26. The van der Waals surface area contributed by atoms with Gasteiger partial charge >= 0.3 is 0 Å². The number of aromatic nitrogens is 1. The van der Waals surface area contributed by atoms with Crippen LogP contribution in [0.4, 0.5) is 0 Å². The lowest BCUT2D eigenvalue weighted by Crippen LogP contribution is -2.29. The van der Waals surface area contributed by atoms with Crippen LogP contribution in [0.5, 0.6) is 0 Å². The maximum absolute atomic E-state index is 5.26. The third kappa shape index (κ3) is 5.82. The van der Waals surface area contributed by atoms with Gasteiger partial charge in [-0.05, 0) is 26.7 Å². The fraction of sp³-hybridized carbons (Fsp3) is 0.833. The summed E-state index contributed by atoms with van der Waals surface area (Å²) >= 11 is 0. The number of nitrogens with zero attached hydrogens (tertiary/aromatic N) is 1. The highest BCUT2D eigenvalue weighted by Crippen LogP contribution is 2.18. The Kier molecular flexibility index (Phi) is 7.28. The molecule has 3 heteroatoms. The first-order chi connectivity index (χ1) is 10.3. The average Bonchev–Trinajstić information content (AvgIpc) is 2.78. The molecular weight excluding hydrogens is 260 g/mol. The van der Waals surface area contributed by atoms with Crippen LogP contribution in [0.1, 0.15) is 87.6 Å². The summed E-state index contributed by atoms with van der Waals surface area (Å²) in [5.41, 5.74) is 2.29. The molecule has 0 atom stereocenters. The summed E-state index contributed by atoms with van der Waals surface area (Å²) in [6.45, 7) is 4.96. The highest BCUT2D eigenvalue weighted by Gasteiger charge is 2.13. The zero-order chi connectivity index (χ0) is 14.9. The number of hydrogen-bond donors (Lipinski definition) is 1. The average molecular weight is 292 g/mol. The fourth-order valence-electron chi connectivity index (χ4n) is 3.37. The molecule has 0 radical (unpaired) electrons. The number of nitrogens with one attached hydrogen (secondary N) is 1. The normalized spacial score (nSPS) is 19.9. The van der Waals surface area contributed by atoms with Gasteiger partial charge in [-0.1, -0.05) is 62.9 Å². The standard InChI is InChI=1S/C18H32N2O/c1-15-18(16(2)21-20-15)14-19-17-12-10-8-6-4-3-5-7-9-11-13-17/h17,19H,3-14H2,1-2H3. The van der Waals surface area contributed by atoms with E-state index in [9.17, 15) is 0 Å². The molecule has 21 heavy (non-hydrogen) atoms. The molecule has 1 heterocycles. The van der Waals surface area contributed by atoms with Gasteiger partial charge in [0.25, 0.3) is 0 Å². The minimum Gasteiger partial charge on any atom is -0.361 e. The Balaban J connectivity index is 1.80. The van der Waals surface area contributed by atoms with Gasteiger partial charge < -0.3 is 9.84 Å². The zero-order valence-corrected chi connectivity index (χ0v) is 13.9. The summed E-state index contributed by atoms with van der Waals surface area (Å²) in [5, 5.41) is 7.81. The summed E-state index contributed by atoms with van der Waals surface area (Å²) in [4.78, 5) is 0. The van der Waals surface area contributed by atoms with Crippen molar-refractivity contribution >= 4 is 0 Å². The van der Waals surface area contributed by atoms with Crippen molar-refractivity contribution in [2.24, 2.45) is 0 Å². The van der Waals surface area contributed by atoms with E-state index >= 15 is 0 Å². The van der Waals surface area contributed by atoms with Gasteiger partial charge in [0.05, 0.1) is 5.69 Å². The first-order valence-electron chi connectivity index (χ1n) is 8.92. The summed E-state index contributed by atoms with van der Waals surface area (Å²) in [7, 11) is 0. The molecule has 2 rings (SSSR count). The molecular formula is C18H32N2O. The van der Waals surface area contributed by atoms with E-state index in [1.54, 1.807) is 0 Å². The van der Waals surface area contributed by atoms with Crippen LogP contribution in [0.25, 0.3) is 0 Å². The minimum atomic E-state index is 0.665. The molecule has 1 fully saturated rings. The molecule has 1 aliphatic rings. The largest absolute Gasteiger partial charge is 0.361 e. The highest BCUT2D eigenvalue weighted by molar-refractivity contribution is 5.20. The Bertz CT molecular complexity index is 368. The van der Waals surface area contributed by atoms with Crippen LogP contribution in [0.15, 0.2) is 4.52 Å². The highest BCUT2D eigenvalue weighted by atomic mass is 16.5. The van der Waals surface area contributed by atoms with Gasteiger partial charge in [-0.15, -0.1) is 0 Å². The summed E-state index contributed by atoms with van der Waals surface area (Å²) in [6, 6.07) is 0.665. The molecule has 0 spiro atoms. The van der Waals surface area contributed by atoms with E-state index in [0.29, 0.717) is 6.04 Å². The Morgan fingerprint density at radius 3 is 1.90 bits per heavy atom. The Morgan fingerprint density at radius 2 is 1.43 bits per heavy atom. The molecule has 1 aliphatic carbocycles. The molecule has 1 aromatic rings. The second-order valence-electron chi connectivity index (χ2n) is 6.64. The lowest BCUT2D eigenvalue weighted by Gasteiger charge is -2.19. The van der Waals surface area contributed by atoms with Gasteiger partial charge in [-0.2, -0.15) is 0 Å². The van der Waals surface area contributed by atoms with Crippen molar-refractivity contribution in [1.82, 2.24) is 10.5 Å². The van der Waals surface area contributed by atoms with Crippen molar-refractivity contribution in [3.8, 4) is 0 Å². The van der Waals surface area contributed by atoms with E-state index in [4.69, 9.17) is 4.52 Å². The van der Waals surface area contributed by atoms with Gasteiger partial charge in [-0.3, -0.25) is 0 Å².